The van der Waals surface area contributed by atoms with Gasteiger partial charge in [-0.3, -0.25) is 19.5 Å². The van der Waals surface area contributed by atoms with Crippen molar-refractivity contribution in [2.75, 3.05) is 11.7 Å². The van der Waals surface area contributed by atoms with Crippen molar-refractivity contribution >= 4 is 23.1 Å². The molecule has 34 heavy (non-hydrogen) atoms. The summed E-state index contributed by atoms with van der Waals surface area (Å²) in [6.45, 7) is 0.0992. The number of ketones is 1. The van der Waals surface area contributed by atoms with Crippen LogP contribution in [0.5, 0.6) is 11.5 Å². The van der Waals surface area contributed by atoms with Gasteiger partial charge in [0.2, 0.25) is 6.79 Å². The second-order valence-corrected chi connectivity index (χ2v) is 8.68. The summed E-state index contributed by atoms with van der Waals surface area (Å²) in [4.78, 5) is 32.2. The fourth-order valence-corrected chi connectivity index (χ4v) is 5.02. The minimum atomic E-state index is -0.829. The zero-order valence-corrected chi connectivity index (χ0v) is 18.4. The molecule has 1 amide bonds. The van der Waals surface area contributed by atoms with Crippen LogP contribution in [0.2, 0.25) is 0 Å². The van der Waals surface area contributed by atoms with Crippen molar-refractivity contribution in [1.29, 1.82) is 0 Å². The number of aryl methyl sites for hydroxylation is 2. The van der Waals surface area contributed by atoms with Gasteiger partial charge in [0.15, 0.2) is 11.5 Å². The number of ether oxygens (including phenoxy) is 2. The van der Waals surface area contributed by atoms with Crippen LogP contribution in [-0.2, 0) is 22.4 Å². The maximum absolute atomic E-state index is 13.3. The van der Waals surface area contributed by atoms with Gasteiger partial charge >= 0.3 is 0 Å². The van der Waals surface area contributed by atoms with Crippen LogP contribution in [0, 0.1) is 0 Å². The molecule has 170 valence electrons. The van der Waals surface area contributed by atoms with Crippen molar-refractivity contribution in [3.05, 3.63) is 88.8 Å². The van der Waals surface area contributed by atoms with E-state index in [9.17, 15) is 14.7 Å². The first-order valence-corrected chi connectivity index (χ1v) is 11.3. The number of carbonyl (C=O) groups excluding carboxylic acids is 2. The zero-order valence-electron chi connectivity index (χ0n) is 18.4. The number of rotatable bonds is 3. The van der Waals surface area contributed by atoms with Gasteiger partial charge in [0.25, 0.3) is 11.7 Å². The Morgan fingerprint density at radius 3 is 2.62 bits per heavy atom. The van der Waals surface area contributed by atoms with Crippen molar-refractivity contribution in [3.63, 3.8) is 0 Å². The summed E-state index contributed by atoms with van der Waals surface area (Å²) >= 11 is 0. The number of aromatic nitrogens is 1. The Hall–Kier alpha value is -4.13. The van der Waals surface area contributed by atoms with Crippen LogP contribution >= 0.6 is 0 Å². The number of fused-ring (bicyclic) bond motifs is 2. The normalized spacial score (nSPS) is 20.5. The predicted molar refractivity (Wildman–Crippen MR) is 125 cm³/mol. The van der Waals surface area contributed by atoms with Gasteiger partial charge < -0.3 is 14.6 Å². The topological polar surface area (TPSA) is 89.0 Å². The quantitative estimate of drug-likeness (QED) is 0.360. The number of benzene rings is 2. The van der Waals surface area contributed by atoms with Gasteiger partial charge in [-0.05, 0) is 66.6 Å². The number of aliphatic hydroxyl groups is 1. The van der Waals surface area contributed by atoms with Crippen LogP contribution in [0.25, 0.3) is 5.76 Å². The van der Waals surface area contributed by atoms with Gasteiger partial charge in [0.05, 0.1) is 11.6 Å². The third-order valence-electron chi connectivity index (χ3n) is 6.70. The number of anilines is 1. The number of carbonyl (C=O) groups is 2. The molecule has 1 aliphatic carbocycles. The Kier molecular flexibility index (Phi) is 4.83. The largest absolute Gasteiger partial charge is 0.507 e. The molecule has 3 aliphatic rings. The zero-order chi connectivity index (χ0) is 23.2. The number of pyridine rings is 1. The maximum Gasteiger partial charge on any atom is 0.300 e. The summed E-state index contributed by atoms with van der Waals surface area (Å²) in [7, 11) is 0. The average Bonchev–Trinajstić information content (AvgIpc) is 3.45. The van der Waals surface area contributed by atoms with E-state index in [0.717, 1.165) is 25.7 Å². The summed E-state index contributed by atoms with van der Waals surface area (Å²) in [5.41, 5.74) is 4.14. The van der Waals surface area contributed by atoms with E-state index in [-0.39, 0.29) is 18.1 Å². The fourth-order valence-electron chi connectivity index (χ4n) is 5.02. The van der Waals surface area contributed by atoms with Crippen LogP contribution in [0.4, 0.5) is 5.69 Å². The molecular formula is C27H22N2O5. The first-order valence-electron chi connectivity index (χ1n) is 11.3. The SMILES string of the molecule is O=C1C(=O)N(c2ccc3c(c2)OCO3)C(c2cccnc2)/C1=C(/O)c1ccc2c(c1)CCCC2. The van der Waals surface area contributed by atoms with E-state index >= 15 is 0 Å². The maximum atomic E-state index is 13.3. The van der Waals surface area contributed by atoms with E-state index in [4.69, 9.17) is 9.47 Å². The van der Waals surface area contributed by atoms with Crippen molar-refractivity contribution in [2.24, 2.45) is 0 Å². The number of hydrogen-bond acceptors (Lipinski definition) is 6. The first kappa shape index (κ1) is 20.5. The van der Waals surface area contributed by atoms with Gasteiger partial charge in [0, 0.05) is 29.7 Å². The van der Waals surface area contributed by atoms with Gasteiger partial charge in [-0.1, -0.05) is 18.2 Å². The van der Waals surface area contributed by atoms with E-state index in [2.05, 4.69) is 4.98 Å². The lowest BCUT2D eigenvalue weighted by Crippen LogP contribution is -2.29. The number of aliphatic hydroxyl groups excluding tert-OH is 1. The second kappa shape index (κ2) is 8.02. The molecule has 2 aromatic carbocycles. The minimum absolute atomic E-state index is 0.0476. The molecular weight excluding hydrogens is 432 g/mol. The standard InChI is InChI=1S/C27H22N2O5/c30-25(18-8-7-16-4-1-2-5-17(16)12-18)23-24(19-6-3-11-28-14-19)29(27(32)26(23)31)20-9-10-21-22(13-20)34-15-33-21/h3,6-14,24,30H,1-2,4-5,15H2/b25-23-. The Bertz CT molecular complexity index is 1350. The third-order valence-corrected chi connectivity index (χ3v) is 6.70. The lowest BCUT2D eigenvalue weighted by molar-refractivity contribution is -0.132. The molecule has 1 saturated heterocycles. The summed E-state index contributed by atoms with van der Waals surface area (Å²) in [5, 5.41) is 11.4. The summed E-state index contributed by atoms with van der Waals surface area (Å²) in [6, 6.07) is 13.6. The van der Waals surface area contributed by atoms with Crippen molar-refractivity contribution in [3.8, 4) is 11.5 Å². The highest BCUT2D eigenvalue weighted by molar-refractivity contribution is 6.51. The van der Waals surface area contributed by atoms with E-state index in [1.165, 1.54) is 16.0 Å². The highest BCUT2D eigenvalue weighted by atomic mass is 16.7. The van der Waals surface area contributed by atoms with Gasteiger partial charge in [0.1, 0.15) is 5.76 Å². The Morgan fingerprint density at radius 2 is 1.79 bits per heavy atom. The summed E-state index contributed by atoms with van der Waals surface area (Å²) in [6.07, 6.45) is 7.44. The highest BCUT2D eigenvalue weighted by Crippen LogP contribution is 2.44. The van der Waals surface area contributed by atoms with Crippen molar-refractivity contribution in [2.45, 2.75) is 31.7 Å². The van der Waals surface area contributed by atoms with Crippen LogP contribution in [0.3, 0.4) is 0 Å². The number of Topliss-reactive ketones (excluding diaryl/α,β-unsaturated/α-hetero) is 1. The first-order chi connectivity index (χ1) is 16.6. The minimum Gasteiger partial charge on any atom is -0.507 e. The van der Waals surface area contributed by atoms with Crippen LogP contribution in [-0.4, -0.2) is 28.6 Å². The smallest absolute Gasteiger partial charge is 0.300 e. The molecule has 7 nitrogen and oxygen atoms in total. The molecule has 1 unspecified atom stereocenters. The van der Waals surface area contributed by atoms with E-state index in [1.807, 2.05) is 18.2 Å². The molecule has 3 aromatic rings. The molecule has 0 bridgehead atoms. The van der Waals surface area contributed by atoms with E-state index in [0.29, 0.717) is 28.3 Å². The Morgan fingerprint density at radius 1 is 0.971 bits per heavy atom. The molecule has 1 fully saturated rings. The molecule has 1 atom stereocenters. The molecule has 1 N–H and O–H groups in total. The Labute approximate surface area is 196 Å². The highest BCUT2D eigenvalue weighted by Gasteiger charge is 2.47. The van der Waals surface area contributed by atoms with Crippen LogP contribution < -0.4 is 14.4 Å². The van der Waals surface area contributed by atoms with Crippen molar-refractivity contribution < 1.29 is 24.2 Å². The van der Waals surface area contributed by atoms with E-state index in [1.54, 1.807) is 42.7 Å². The molecule has 0 spiro atoms. The molecule has 7 heteroatoms. The molecule has 3 heterocycles. The van der Waals surface area contributed by atoms with Gasteiger partial charge in [-0.15, -0.1) is 0 Å². The Balaban J connectivity index is 1.51. The lowest BCUT2D eigenvalue weighted by Gasteiger charge is -2.25. The van der Waals surface area contributed by atoms with Crippen LogP contribution in [0.15, 0.2) is 66.5 Å². The van der Waals surface area contributed by atoms with E-state index < -0.39 is 17.7 Å². The monoisotopic (exact) mass is 454 g/mol. The summed E-state index contributed by atoms with van der Waals surface area (Å²) in [5.74, 6) is -0.552. The number of hydrogen-bond donors (Lipinski definition) is 1. The molecule has 2 aliphatic heterocycles. The van der Waals surface area contributed by atoms with Crippen molar-refractivity contribution in [1.82, 2.24) is 4.98 Å². The molecule has 6 rings (SSSR count). The van der Waals surface area contributed by atoms with Gasteiger partial charge in [-0.25, -0.2) is 0 Å². The number of nitrogens with zero attached hydrogens (tertiary/aromatic N) is 2. The fraction of sp³-hybridized carbons (Fsp3) is 0.222. The molecule has 0 saturated carbocycles. The lowest BCUT2D eigenvalue weighted by atomic mass is 9.89. The van der Waals surface area contributed by atoms with Gasteiger partial charge in [-0.2, -0.15) is 0 Å². The third kappa shape index (κ3) is 3.23. The predicted octanol–water partition coefficient (Wildman–Crippen LogP) is 4.32. The number of amides is 1. The summed E-state index contributed by atoms with van der Waals surface area (Å²) < 4.78 is 10.9. The van der Waals surface area contributed by atoms with Crippen LogP contribution in [0.1, 0.15) is 41.1 Å². The molecule has 0 radical (unpaired) electrons. The second-order valence-electron chi connectivity index (χ2n) is 8.68. The average molecular weight is 454 g/mol. The molecule has 1 aromatic heterocycles.